The van der Waals surface area contributed by atoms with E-state index in [0.29, 0.717) is 19.3 Å². The van der Waals surface area contributed by atoms with E-state index >= 15 is 0 Å². The fourth-order valence-electron chi connectivity index (χ4n) is 12.7. The molecule has 0 amide bonds. The van der Waals surface area contributed by atoms with E-state index in [4.69, 9.17) is 32.3 Å². The number of hydrogen-bond donors (Lipinski definition) is 4. The van der Waals surface area contributed by atoms with E-state index < -0.39 is 91.5 Å². The van der Waals surface area contributed by atoms with Crippen LogP contribution in [0.15, 0.2) is 194 Å². The first kappa shape index (κ1) is 115. The average Bonchev–Trinajstić information content (AvgIpc) is 0.889. The summed E-state index contributed by atoms with van der Waals surface area (Å²) in [5, 5.41) is 20.8. The van der Waals surface area contributed by atoms with Crippen molar-refractivity contribution in [2.45, 2.75) is 399 Å². The molecule has 0 radical (unpaired) electrons. The van der Waals surface area contributed by atoms with Crippen molar-refractivity contribution >= 4 is 33.6 Å². The average molecular weight is 1730 g/mol. The molecule has 5 atom stereocenters. The van der Waals surface area contributed by atoms with Crippen molar-refractivity contribution in [3.8, 4) is 0 Å². The van der Waals surface area contributed by atoms with Gasteiger partial charge in [-0.1, -0.05) is 395 Å². The van der Waals surface area contributed by atoms with E-state index in [2.05, 4.69) is 215 Å². The zero-order chi connectivity index (χ0) is 87.9. The highest BCUT2D eigenvalue weighted by Crippen LogP contribution is 2.45. The number of aliphatic hydroxyl groups is 2. The fraction of sp³-hybridized carbons (Fsp3) is 0.660. The molecule has 121 heavy (non-hydrogen) atoms. The second-order valence-corrected chi connectivity index (χ2v) is 34.3. The molecule has 0 saturated carbocycles. The van der Waals surface area contributed by atoms with E-state index in [1.165, 1.54) is 135 Å². The maximum absolute atomic E-state index is 13.1. The van der Waals surface area contributed by atoms with Crippen LogP contribution in [0.5, 0.6) is 0 Å². The van der Waals surface area contributed by atoms with Crippen LogP contribution in [-0.4, -0.2) is 95.9 Å². The summed E-state index contributed by atoms with van der Waals surface area (Å²) in [6.45, 7) is 2.36. The van der Waals surface area contributed by atoms with Gasteiger partial charge in [-0.25, -0.2) is 9.13 Å². The van der Waals surface area contributed by atoms with Crippen molar-refractivity contribution in [3.63, 3.8) is 0 Å². The highest BCUT2D eigenvalue weighted by Gasteiger charge is 2.30. The number of aliphatic hydroxyl groups excluding tert-OH is 2. The third-order valence-corrected chi connectivity index (χ3v) is 21.7. The Morgan fingerprint density at radius 2 is 0.413 bits per heavy atom. The fourth-order valence-corrected chi connectivity index (χ4v) is 14.3. The number of phosphoric ester groups is 2. The van der Waals surface area contributed by atoms with Gasteiger partial charge in [0.15, 0.2) is 6.10 Å². The van der Waals surface area contributed by atoms with Crippen LogP contribution in [0.1, 0.15) is 380 Å². The largest absolute Gasteiger partial charge is 0.472 e. The third kappa shape index (κ3) is 94.9. The molecule has 0 aliphatic carbocycles. The number of ether oxygens (including phenoxy) is 3. The van der Waals surface area contributed by atoms with Crippen LogP contribution in [0, 0.1) is 0 Å². The number of phosphoric acid groups is 2. The van der Waals surface area contributed by atoms with Crippen LogP contribution < -0.4 is 0 Å². The van der Waals surface area contributed by atoms with Crippen molar-refractivity contribution in [1.82, 2.24) is 0 Å². The van der Waals surface area contributed by atoms with Gasteiger partial charge in [0, 0.05) is 19.3 Å². The summed E-state index contributed by atoms with van der Waals surface area (Å²) in [6, 6.07) is 0. The lowest BCUT2D eigenvalue weighted by atomic mass is 10.0. The summed E-state index contributed by atoms with van der Waals surface area (Å²) in [6.07, 6.45) is 125. The van der Waals surface area contributed by atoms with E-state index in [0.717, 1.165) is 186 Å². The Labute approximate surface area is 737 Å². The Bertz CT molecular complexity index is 2980. The van der Waals surface area contributed by atoms with E-state index in [1.807, 2.05) is 0 Å². The lowest BCUT2D eigenvalue weighted by Crippen LogP contribution is -2.30. The lowest BCUT2D eigenvalue weighted by Gasteiger charge is -2.21. The minimum absolute atomic E-state index is 0.0778. The van der Waals surface area contributed by atoms with E-state index in [9.17, 15) is 43.5 Å². The first-order chi connectivity index (χ1) is 59.2. The Balaban J connectivity index is 4.58. The van der Waals surface area contributed by atoms with Gasteiger partial charge >= 0.3 is 33.6 Å². The second-order valence-electron chi connectivity index (χ2n) is 31.4. The van der Waals surface area contributed by atoms with E-state index in [-0.39, 0.29) is 19.3 Å². The molecule has 5 unspecified atom stereocenters. The zero-order valence-electron chi connectivity index (χ0n) is 76.1. The lowest BCUT2D eigenvalue weighted by molar-refractivity contribution is -0.161. The topological polar surface area (TPSA) is 231 Å². The van der Waals surface area contributed by atoms with Crippen molar-refractivity contribution in [3.05, 3.63) is 194 Å². The van der Waals surface area contributed by atoms with E-state index in [1.54, 1.807) is 0 Å². The second kappa shape index (κ2) is 93.5. The number of allylic oxidation sites excluding steroid dienone is 32. The minimum atomic E-state index is -4.95. The zero-order valence-corrected chi connectivity index (χ0v) is 77.9. The van der Waals surface area contributed by atoms with Gasteiger partial charge in [0.25, 0.3) is 0 Å². The summed E-state index contributed by atoms with van der Waals surface area (Å²) >= 11 is 0. The Kier molecular flexibility index (Phi) is 89.2. The smallest absolute Gasteiger partial charge is 0.463 e. The molecule has 0 spiro atoms. The molecule has 0 fully saturated rings. The number of rotatable bonds is 89. The Hall–Kier alpha value is -5.61. The molecular weight excluding hydrogens is 1560 g/mol. The third-order valence-electron chi connectivity index (χ3n) is 19.8. The molecular formula is C103H172O16P2. The van der Waals surface area contributed by atoms with Crippen LogP contribution in [0.2, 0.25) is 0 Å². The Morgan fingerprint density at radius 3 is 0.653 bits per heavy atom. The summed E-state index contributed by atoms with van der Waals surface area (Å²) in [5.74, 6) is -1.59. The summed E-state index contributed by atoms with van der Waals surface area (Å²) < 4.78 is 61.5. The predicted molar refractivity (Wildman–Crippen MR) is 509 cm³/mol. The first-order valence-electron chi connectivity index (χ1n) is 47.7. The minimum Gasteiger partial charge on any atom is -0.463 e. The standard InChI is InChI=1S/C103H172O16P2/c1-4-7-10-13-16-19-22-25-28-31-34-37-39-41-43-45-47-48-50-52-53-55-57-60-62-65-68-71-74-77-80-83-86-89-101(106)113-92-98(104)93-115-120(109,110)116-94-99(105)95-117-121(111,112)118-97-100(119-103(108)91-88-85-82-79-76-73-70-67-64-59-36-33-30-27-24-21-18-15-12-9-6-3)96-114-102(107)90-87-84-81-78-75-72-69-66-63-61-58-56-54-51-49-46-44-42-40-38-35-32-29-26-23-20-17-14-11-8-5-2/h7-12,16-21,25-30,34-38,41-44,47-48,59,67,70,98-100,104-105H,4-6,13-15,22-24,31-33,39-40,45-46,49-58,60-66,68-69,71-97H2,1-3H3,(H,109,110)(H,111,112)/b10-7-,11-8-,12-9-,19-16-,20-17-,21-18-,28-25-,29-26-,30-27-,37-34-,38-35-,43-41-,44-42-,48-47-,59-36-,70-67-. The molecule has 690 valence electrons. The molecule has 0 bridgehead atoms. The van der Waals surface area contributed by atoms with Gasteiger partial charge in [-0.2, -0.15) is 0 Å². The molecule has 16 nitrogen and oxygen atoms in total. The van der Waals surface area contributed by atoms with Gasteiger partial charge in [0.1, 0.15) is 25.4 Å². The molecule has 0 aromatic heterocycles. The molecule has 0 aliphatic rings. The van der Waals surface area contributed by atoms with Gasteiger partial charge < -0.3 is 34.2 Å². The molecule has 0 heterocycles. The summed E-state index contributed by atoms with van der Waals surface area (Å²) in [4.78, 5) is 59.1. The van der Waals surface area contributed by atoms with Crippen LogP contribution in [-0.2, 0) is 55.8 Å². The normalized spacial score (nSPS) is 14.6. The monoisotopic (exact) mass is 1730 g/mol. The van der Waals surface area contributed by atoms with Crippen molar-refractivity contribution in [2.24, 2.45) is 0 Å². The molecule has 0 aliphatic heterocycles. The number of unbranched alkanes of at least 4 members (excludes halogenated alkanes) is 34. The number of carbonyl (C=O) groups excluding carboxylic acids is 3. The molecule has 0 aromatic rings. The van der Waals surface area contributed by atoms with Crippen LogP contribution in [0.4, 0.5) is 0 Å². The highest BCUT2D eigenvalue weighted by molar-refractivity contribution is 7.47. The van der Waals surface area contributed by atoms with Gasteiger partial charge in [-0.05, 0) is 161 Å². The quantitative estimate of drug-likeness (QED) is 0.0146. The van der Waals surface area contributed by atoms with Gasteiger partial charge in [-0.15, -0.1) is 0 Å². The summed E-state index contributed by atoms with van der Waals surface area (Å²) in [5.41, 5.74) is 0. The van der Waals surface area contributed by atoms with Gasteiger partial charge in [0.05, 0.1) is 26.4 Å². The van der Waals surface area contributed by atoms with Crippen molar-refractivity contribution in [1.29, 1.82) is 0 Å². The predicted octanol–water partition coefficient (Wildman–Crippen LogP) is 29.8. The maximum Gasteiger partial charge on any atom is 0.472 e. The maximum atomic E-state index is 13.1. The van der Waals surface area contributed by atoms with Crippen molar-refractivity contribution < 1.29 is 75.8 Å². The van der Waals surface area contributed by atoms with Gasteiger partial charge in [0.2, 0.25) is 0 Å². The van der Waals surface area contributed by atoms with Crippen LogP contribution >= 0.6 is 15.6 Å². The highest BCUT2D eigenvalue weighted by atomic mass is 31.2. The number of carbonyl (C=O) groups is 3. The molecule has 0 rings (SSSR count). The van der Waals surface area contributed by atoms with Crippen LogP contribution in [0.3, 0.4) is 0 Å². The first-order valence-corrected chi connectivity index (χ1v) is 50.7. The Morgan fingerprint density at radius 1 is 0.231 bits per heavy atom. The van der Waals surface area contributed by atoms with Gasteiger partial charge in [-0.3, -0.25) is 32.5 Å². The number of hydrogen-bond acceptors (Lipinski definition) is 14. The van der Waals surface area contributed by atoms with Crippen LogP contribution in [0.25, 0.3) is 0 Å². The van der Waals surface area contributed by atoms with Crippen molar-refractivity contribution in [2.75, 3.05) is 39.6 Å². The SMILES string of the molecule is CC/C=C\C/C=C\C/C=C\C/C=C\C/C=C\C/C=C\CCCCCCCCCCCCCCCCC(=O)OCC(O)COP(=O)(O)OCC(O)COP(=O)(O)OCC(COC(=O)CCCCCCCCCCCCCCCCC/C=C\C/C=C\C/C=C\C/C=C\C/C=C\CC)OC(=O)CCCCCCC/C=C\C/C=C\C/C=C\C/C=C\C/C=C\CC. The molecule has 4 N–H and O–H groups in total. The molecule has 18 heteroatoms. The molecule has 0 aromatic carbocycles. The number of esters is 3. The molecule has 0 saturated heterocycles. The summed E-state index contributed by atoms with van der Waals surface area (Å²) in [7, 11) is -9.82.